The quantitative estimate of drug-likeness (QED) is 0.607. The fourth-order valence-corrected chi connectivity index (χ4v) is 4.55. The minimum Gasteiger partial charge on any atom is -0.339 e. The van der Waals surface area contributed by atoms with Gasteiger partial charge >= 0.3 is 0 Å². The van der Waals surface area contributed by atoms with Crippen LogP contribution in [0.25, 0.3) is 11.4 Å². The van der Waals surface area contributed by atoms with Crippen LogP contribution in [0, 0.1) is 0 Å². The van der Waals surface area contributed by atoms with Crippen molar-refractivity contribution >= 4 is 23.2 Å². The van der Waals surface area contributed by atoms with Gasteiger partial charge in [-0.1, -0.05) is 18.0 Å². The van der Waals surface area contributed by atoms with Crippen LogP contribution in [0.4, 0.5) is 0 Å². The van der Waals surface area contributed by atoms with E-state index >= 15 is 0 Å². The van der Waals surface area contributed by atoms with Crippen molar-refractivity contribution in [3.8, 4) is 11.4 Å². The lowest BCUT2D eigenvalue weighted by Crippen LogP contribution is -2.41. The van der Waals surface area contributed by atoms with E-state index in [2.05, 4.69) is 26.0 Å². The van der Waals surface area contributed by atoms with Crippen molar-refractivity contribution in [2.75, 3.05) is 0 Å². The molecule has 9 heteroatoms. The Bertz CT molecular complexity index is 989. The van der Waals surface area contributed by atoms with Gasteiger partial charge < -0.3 is 4.52 Å². The molecule has 0 aliphatic heterocycles. The Labute approximate surface area is 178 Å². The molecule has 30 heavy (non-hydrogen) atoms. The molecule has 1 aliphatic carbocycles. The number of carbonyl (C=O) groups excluding carboxylic acids is 2. The fourth-order valence-electron chi connectivity index (χ4n) is 3.40. The maximum Gasteiger partial charge on any atom is 0.279 e. The number of hydrogen-bond acceptors (Lipinski definition) is 7. The second-order valence-corrected chi connectivity index (χ2v) is 8.36. The lowest BCUT2D eigenvalue weighted by Gasteiger charge is -2.07. The van der Waals surface area contributed by atoms with Crippen LogP contribution in [0.5, 0.6) is 0 Å². The summed E-state index contributed by atoms with van der Waals surface area (Å²) in [5, 5.41) is 3.91. The molecule has 8 nitrogen and oxygen atoms in total. The standard InChI is InChI=1S/C21H23N5O3S/c27-18(7-8-19-23-20(26-29-19)14-9-11-22-12-10-14)24-25-21(28)17-13-15-5-3-1-2-4-6-16(15)30-17/h9-13H,1-8H2,(H,24,27)(H,25,28). The van der Waals surface area contributed by atoms with Crippen LogP contribution < -0.4 is 10.9 Å². The third-order valence-corrected chi connectivity index (χ3v) is 6.24. The third-order valence-electron chi connectivity index (χ3n) is 5.01. The van der Waals surface area contributed by atoms with Crippen LogP contribution in [0.2, 0.25) is 0 Å². The summed E-state index contributed by atoms with van der Waals surface area (Å²) in [6, 6.07) is 5.53. The lowest BCUT2D eigenvalue weighted by atomic mass is 10.00. The molecular weight excluding hydrogens is 402 g/mol. The fraction of sp³-hybridized carbons (Fsp3) is 0.381. The average Bonchev–Trinajstić information content (AvgIpc) is 3.38. The van der Waals surface area contributed by atoms with E-state index < -0.39 is 0 Å². The van der Waals surface area contributed by atoms with Gasteiger partial charge in [0.1, 0.15) is 0 Å². The number of hydrazine groups is 1. The molecule has 0 saturated carbocycles. The van der Waals surface area contributed by atoms with Gasteiger partial charge in [-0.15, -0.1) is 11.3 Å². The van der Waals surface area contributed by atoms with Gasteiger partial charge in [0.25, 0.3) is 5.91 Å². The van der Waals surface area contributed by atoms with Crippen LogP contribution >= 0.6 is 11.3 Å². The highest BCUT2D eigenvalue weighted by Gasteiger charge is 2.17. The maximum absolute atomic E-state index is 12.4. The third kappa shape index (κ3) is 5.10. The summed E-state index contributed by atoms with van der Waals surface area (Å²) in [7, 11) is 0. The maximum atomic E-state index is 12.4. The topological polar surface area (TPSA) is 110 Å². The molecule has 2 amide bonds. The van der Waals surface area contributed by atoms with Gasteiger partial charge in [-0.05, 0) is 49.4 Å². The van der Waals surface area contributed by atoms with Crippen LogP contribution in [-0.4, -0.2) is 26.9 Å². The number of fused-ring (bicyclic) bond motifs is 1. The Hall–Kier alpha value is -3.07. The van der Waals surface area contributed by atoms with E-state index in [0.717, 1.165) is 18.4 Å². The zero-order chi connectivity index (χ0) is 20.8. The van der Waals surface area contributed by atoms with E-state index in [1.54, 1.807) is 24.5 Å². The number of amides is 2. The van der Waals surface area contributed by atoms with Crippen molar-refractivity contribution in [3.63, 3.8) is 0 Å². The van der Waals surface area contributed by atoms with Crippen LogP contribution in [0.3, 0.4) is 0 Å². The number of pyridine rings is 1. The van der Waals surface area contributed by atoms with Crippen molar-refractivity contribution in [2.24, 2.45) is 0 Å². The van der Waals surface area contributed by atoms with Gasteiger partial charge in [-0.25, -0.2) is 0 Å². The molecule has 0 spiro atoms. The largest absolute Gasteiger partial charge is 0.339 e. The van der Waals surface area contributed by atoms with Crippen LogP contribution in [0.15, 0.2) is 35.1 Å². The molecule has 0 atom stereocenters. The average molecular weight is 426 g/mol. The summed E-state index contributed by atoms with van der Waals surface area (Å²) in [5.74, 6) is 0.218. The zero-order valence-corrected chi connectivity index (χ0v) is 17.3. The van der Waals surface area contributed by atoms with E-state index in [1.165, 1.54) is 47.5 Å². The summed E-state index contributed by atoms with van der Waals surface area (Å²) >= 11 is 1.53. The highest BCUT2D eigenvalue weighted by atomic mass is 32.1. The second kappa shape index (κ2) is 9.62. The molecule has 156 valence electrons. The Balaban J connectivity index is 1.25. The number of aryl methyl sites for hydroxylation is 3. The molecule has 0 unspecified atom stereocenters. The van der Waals surface area contributed by atoms with E-state index in [9.17, 15) is 9.59 Å². The minimum atomic E-state index is -0.318. The van der Waals surface area contributed by atoms with Gasteiger partial charge in [0.15, 0.2) is 0 Å². The minimum absolute atomic E-state index is 0.124. The number of thiophene rings is 1. The number of nitrogens with zero attached hydrogens (tertiary/aromatic N) is 3. The SMILES string of the molecule is O=C(CCc1nc(-c2ccncc2)no1)NNC(=O)c1cc2c(s1)CCCCCC2. The Morgan fingerprint density at radius 3 is 2.70 bits per heavy atom. The molecule has 2 N–H and O–H groups in total. The summed E-state index contributed by atoms with van der Waals surface area (Å²) in [5.41, 5.74) is 7.04. The molecule has 0 aromatic carbocycles. The van der Waals surface area contributed by atoms with Crippen molar-refractivity contribution in [2.45, 2.75) is 51.4 Å². The van der Waals surface area contributed by atoms with E-state index in [0.29, 0.717) is 16.6 Å². The first-order valence-corrected chi connectivity index (χ1v) is 10.9. The van der Waals surface area contributed by atoms with Gasteiger partial charge in [0, 0.05) is 35.7 Å². The van der Waals surface area contributed by atoms with Gasteiger partial charge in [0.2, 0.25) is 17.6 Å². The molecule has 1 aliphatic rings. The second-order valence-electron chi connectivity index (χ2n) is 7.22. The first-order valence-electron chi connectivity index (χ1n) is 10.1. The number of aromatic nitrogens is 3. The van der Waals surface area contributed by atoms with Gasteiger partial charge in [-0.3, -0.25) is 25.4 Å². The zero-order valence-electron chi connectivity index (χ0n) is 16.5. The highest BCUT2D eigenvalue weighted by Crippen LogP contribution is 2.28. The smallest absolute Gasteiger partial charge is 0.279 e. The first-order chi connectivity index (χ1) is 14.7. The molecule has 0 saturated heterocycles. The molecule has 3 aromatic rings. The lowest BCUT2D eigenvalue weighted by molar-refractivity contribution is -0.121. The van der Waals surface area contributed by atoms with Crippen molar-refractivity contribution in [1.29, 1.82) is 0 Å². The molecule has 3 heterocycles. The molecule has 0 fully saturated rings. The molecule has 0 radical (unpaired) electrons. The van der Waals surface area contributed by atoms with Crippen LogP contribution in [-0.2, 0) is 24.1 Å². The highest BCUT2D eigenvalue weighted by molar-refractivity contribution is 7.14. The summed E-state index contributed by atoms with van der Waals surface area (Å²) in [6.07, 6.45) is 10.6. The van der Waals surface area contributed by atoms with Crippen molar-refractivity contribution < 1.29 is 14.1 Å². The molecule has 0 bridgehead atoms. The van der Waals surface area contributed by atoms with Gasteiger partial charge in [-0.2, -0.15) is 4.98 Å². The van der Waals surface area contributed by atoms with Crippen molar-refractivity contribution in [1.82, 2.24) is 26.0 Å². The Morgan fingerprint density at radius 1 is 1.07 bits per heavy atom. The molecular formula is C21H23N5O3S. The number of hydrogen-bond donors (Lipinski definition) is 2. The van der Waals surface area contributed by atoms with Crippen LogP contribution in [0.1, 0.15) is 58.1 Å². The number of carbonyl (C=O) groups is 2. The molecule has 4 rings (SSSR count). The Kier molecular flexibility index (Phi) is 6.48. The first kappa shape index (κ1) is 20.2. The van der Waals surface area contributed by atoms with E-state index in [4.69, 9.17) is 4.52 Å². The van der Waals surface area contributed by atoms with E-state index in [-0.39, 0.29) is 24.7 Å². The Morgan fingerprint density at radius 2 is 1.87 bits per heavy atom. The summed E-state index contributed by atoms with van der Waals surface area (Å²) < 4.78 is 5.18. The molecule has 3 aromatic heterocycles. The number of rotatable bonds is 5. The number of nitrogens with one attached hydrogen (secondary N) is 2. The normalized spacial score (nSPS) is 13.7. The van der Waals surface area contributed by atoms with Crippen molar-refractivity contribution in [3.05, 3.63) is 51.8 Å². The monoisotopic (exact) mass is 425 g/mol. The predicted molar refractivity (Wildman–Crippen MR) is 112 cm³/mol. The summed E-state index contributed by atoms with van der Waals surface area (Å²) in [6.45, 7) is 0. The van der Waals surface area contributed by atoms with Gasteiger partial charge in [0.05, 0.1) is 4.88 Å². The van der Waals surface area contributed by atoms with E-state index in [1.807, 2.05) is 6.07 Å². The summed E-state index contributed by atoms with van der Waals surface area (Å²) in [4.78, 5) is 34.7. The predicted octanol–water partition coefficient (Wildman–Crippen LogP) is 3.25.